The molecule has 6 rings (SSSR count). The molecule has 0 spiro atoms. The number of aliphatic hydroxyl groups excluding tert-OH is 1. The number of aromatic nitrogens is 4. The predicted molar refractivity (Wildman–Crippen MR) is 147 cm³/mol. The molecule has 7 nitrogen and oxygen atoms in total. The lowest BCUT2D eigenvalue weighted by molar-refractivity contribution is 0.0288. The quantitative estimate of drug-likeness (QED) is 0.434. The number of aliphatic imine (C=N–C) groups is 1. The van der Waals surface area contributed by atoms with Gasteiger partial charge in [0, 0.05) is 23.9 Å². The Labute approximate surface area is 225 Å². The van der Waals surface area contributed by atoms with E-state index in [1.807, 2.05) is 19.3 Å². The van der Waals surface area contributed by atoms with E-state index in [-0.39, 0.29) is 11.1 Å². The zero-order valence-electron chi connectivity index (χ0n) is 21.3. The van der Waals surface area contributed by atoms with Gasteiger partial charge in [0.2, 0.25) is 5.16 Å². The lowest BCUT2D eigenvalue weighted by atomic mass is 9.59. The zero-order chi connectivity index (χ0) is 26.3. The van der Waals surface area contributed by atoms with Crippen LogP contribution in [-0.2, 0) is 7.05 Å². The maximum Gasteiger partial charge on any atom is 0.208 e. The van der Waals surface area contributed by atoms with Gasteiger partial charge in [-0.15, -0.1) is 5.10 Å². The number of hydrogen-bond donors (Lipinski definition) is 2. The number of allylic oxidation sites excluding steroid dienone is 2. The van der Waals surface area contributed by atoms with Crippen LogP contribution < -0.4 is 5.73 Å². The molecule has 2 saturated carbocycles. The van der Waals surface area contributed by atoms with Crippen LogP contribution in [0.2, 0.25) is 0 Å². The maximum absolute atomic E-state index is 13.5. The summed E-state index contributed by atoms with van der Waals surface area (Å²) in [6.07, 6.45) is 11.9. The number of rotatable bonds is 6. The number of thioether (sulfide) groups is 1. The van der Waals surface area contributed by atoms with E-state index in [4.69, 9.17) is 15.7 Å². The molecule has 196 valence electrons. The SMILES string of the molecule is Cn1cnc(S[C@H]2CCC3=CC(=Nc4ccc(F)cc4)C(=CN)C[C@]3(C(O)c3ccc(C4CC4)cn3)C2)n1. The number of aliphatic hydroxyl groups is 1. The zero-order valence-corrected chi connectivity index (χ0v) is 22.1. The first-order chi connectivity index (χ1) is 18.4. The average Bonchev–Trinajstić information content (AvgIpc) is 3.71. The minimum absolute atomic E-state index is 0.226. The highest BCUT2D eigenvalue weighted by atomic mass is 32.2. The van der Waals surface area contributed by atoms with Gasteiger partial charge in [-0.2, -0.15) is 0 Å². The van der Waals surface area contributed by atoms with Crippen molar-refractivity contribution >= 4 is 23.2 Å². The lowest BCUT2D eigenvalue weighted by Crippen LogP contribution is -2.42. The van der Waals surface area contributed by atoms with E-state index in [9.17, 15) is 9.50 Å². The number of fused-ring (bicyclic) bond motifs is 1. The molecule has 0 aliphatic heterocycles. The molecule has 2 heterocycles. The molecule has 3 aromatic rings. The Hall–Kier alpha value is -3.30. The fraction of sp³-hybridized carbons (Fsp3) is 0.379. The van der Waals surface area contributed by atoms with Gasteiger partial charge in [-0.3, -0.25) is 9.67 Å². The highest BCUT2D eigenvalue weighted by Gasteiger charge is 2.49. The Morgan fingerprint density at radius 1 is 1.18 bits per heavy atom. The topological polar surface area (TPSA) is 102 Å². The van der Waals surface area contributed by atoms with E-state index < -0.39 is 11.5 Å². The summed E-state index contributed by atoms with van der Waals surface area (Å²) in [5.74, 6) is 0.307. The molecular weight excluding hydrogens is 499 g/mol. The summed E-state index contributed by atoms with van der Waals surface area (Å²) in [6.45, 7) is 0. The van der Waals surface area contributed by atoms with Crippen molar-refractivity contribution in [3.05, 3.63) is 89.4 Å². The normalized spacial score (nSPS) is 26.3. The van der Waals surface area contributed by atoms with Crippen LogP contribution in [0.4, 0.5) is 10.1 Å². The van der Waals surface area contributed by atoms with Gasteiger partial charge >= 0.3 is 0 Å². The molecule has 3 aliphatic rings. The minimum atomic E-state index is -0.801. The van der Waals surface area contributed by atoms with Crippen molar-refractivity contribution in [3.8, 4) is 0 Å². The Kier molecular flexibility index (Phi) is 6.65. The number of aryl methyl sites for hydroxylation is 1. The third-order valence-corrected chi connectivity index (χ3v) is 9.04. The first-order valence-corrected chi connectivity index (χ1v) is 13.9. The highest BCUT2D eigenvalue weighted by Crippen LogP contribution is 2.57. The highest BCUT2D eigenvalue weighted by molar-refractivity contribution is 7.99. The monoisotopic (exact) mass is 530 g/mol. The van der Waals surface area contributed by atoms with E-state index in [1.165, 1.54) is 30.5 Å². The number of halogens is 1. The molecular formula is C29H31FN6OS. The Balaban J connectivity index is 1.38. The van der Waals surface area contributed by atoms with Crippen LogP contribution >= 0.6 is 11.8 Å². The fourth-order valence-corrected chi connectivity index (χ4v) is 6.92. The second kappa shape index (κ2) is 10.1. The van der Waals surface area contributed by atoms with Crippen molar-refractivity contribution in [2.75, 3.05) is 0 Å². The van der Waals surface area contributed by atoms with Gasteiger partial charge in [0.15, 0.2) is 0 Å². The first kappa shape index (κ1) is 25.0. The average molecular weight is 531 g/mol. The van der Waals surface area contributed by atoms with E-state index >= 15 is 0 Å². The Morgan fingerprint density at radius 2 is 2.00 bits per heavy atom. The standard InChI is InChI=1S/C29H31FN6OS/c1-36-17-33-28(35-36)38-24-10-5-21-12-26(34-23-8-6-22(30)7-9-23)20(15-31)13-29(21,14-24)27(37)25-11-4-19(16-32-25)18-2-3-18/h4,6-9,11-12,15-18,24,27,37H,2-3,5,10,13-14,31H2,1H3/t24-,27?,29-/m0/s1. The predicted octanol–water partition coefficient (Wildman–Crippen LogP) is 5.54. The van der Waals surface area contributed by atoms with Gasteiger partial charge in [-0.25, -0.2) is 14.4 Å². The minimum Gasteiger partial charge on any atom is -0.404 e. The van der Waals surface area contributed by atoms with Crippen molar-refractivity contribution in [2.45, 2.75) is 61.0 Å². The summed E-state index contributed by atoms with van der Waals surface area (Å²) in [4.78, 5) is 13.9. The molecule has 1 unspecified atom stereocenters. The number of nitrogens with zero attached hydrogens (tertiary/aromatic N) is 5. The molecule has 3 N–H and O–H groups in total. The van der Waals surface area contributed by atoms with Crippen LogP contribution in [0, 0.1) is 11.2 Å². The number of hydrogen-bond acceptors (Lipinski definition) is 7. The van der Waals surface area contributed by atoms with Gasteiger partial charge in [-0.05, 0) is 98.2 Å². The molecule has 3 aliphatic carbocycles. The maximum atomic E-state index is 13.5. The summed E-state index contributed by atoms with van der Waals surface area (Å²) in [5.41, 5.74) is 10.9. The number of nitrogens with two attached hydrogens (primary N) is 1. The molecule has 38 heavy (non-hydrogen) atoms. The van der Waals surface area contributed by atoms with Gasteiger partial charge in [0.25, 0.3) is 0 Å². The van der Waals surface area contributed by atoms with Crippen molar-refractivity contribution in [3.63, 3.8) is 0 Å². The molecule has 0 saturated heterocycles. The van der Waals surface area contributed by atoms with Crippen molar-refractivity contribution in [1.82, 2.24) is 19.7 Å². The molecule has 2 fully saturated rings. The second-order valence-electron chi connectivity index (χ2n) is 10.5. The third kappa shape index (κ3) is 4.92. The summed E-state index contributed by atoms with van der Waals surface area (Å²) >= 11 is 1.66. The van der Waals surface area contributed by atoms with Crippen LogP contribution in [0.3, 0.4) is 0 Å². The number of pyridine rings is 1. The van der Waals surface area contributed by atoms with Gasteiger partial charge in [-0.1, -0.05) is 23.4 Å². The molecule has 0 radical (unpaired) electrons. The van der Waals surface area contributed by atoms with E-state index in [1.54, 1.807) is 41.1 Å². The van der Waals surface area contributed by atoms with E-state index in [0.717, 1.165) is 41.3 Å². The van der Waals surface area contributed by atoms with Crippen LogP contribution in [-0.4, -0.2) is 35.8 Å². The summed E-state index contributed by atoms with van der Waals surface area (Å²) in [7, 11) is 1.86. The Bertz CT molecular complexity index is 1410. The van der Waals surface area contributed by atoms with Crippen LogP contribution in [0.25, 0.3) is 0 Å². The second-order valence-corrected chi connectivity index (χ2v) is 11.8. The molecule has 2 aromatic heterocycles. The molecule has 0 bridgehead atoms. The largest absolute Gasteiger partial charge is 0.404 e. The van der Waals surface area contributed by atoms with Crippen molar-refractivity contribution in [2.24, 2.45) is 23.2 Å². The third-order valence-electron chi connectivity index (χ3n) is 7.90. The van der Waals surface area contributed by atoms with Crippen LogP contribution in [0.1, 0.15) is 61.8 Å². The smallest absolute Gasteiger partial charge is 0.208 e. The summed E-state index contributed by atoms with van der Waals surface area (Å²) < 4.78 is 15.2. The molecule has 0 amide bonds. The fourth-order valence-electron chi connectivity index (χ4n) is 5.72. The lowest BCUT2D eigenvalue weighted by Gasteiger charge is -2.48. The first-order valence-electron chi connectivity index (χ1n) is 13.1. The van der Waals surface area contributed by atoms with Crippen molar-refractivity contribution in [1.29, 1.82) is 0 Å². The van der Waals surface area contributed by atoms with Crippen LogP contribution in [0.15, 0.2) is 82.5 Å². The molecule has 9 heteroatoms. The molecule has 3 atom stereocenters. The van der Waals surface area contributed by atoms with Crippen molar-refractivity contribution < 1.29 is 9.50 Å². The van der Waals surface area contributed by atoms with Crippen LogP contribution in [0.5, 0.6) is 0 Å². The Morgan fingerprint density at radius 3 is 2.66 bits per heavy atom. The van der Waals surface area contributed by atoms with Gasteiger partial charge < -0.3 is 10.8 Å². The summed E-state index contributed by atoms with van der Waals surface area (Å²) in [5, 5.41) is 17.4. The molecule has 1 aromatic carbocycles. The number of benzene rings is 1. The summed E-state index contributed by atoms with van der Waals surface area (Å²) in [6, 6.07) is 10.2. The van der Waals surface area contributed by atoms with E-state index in [2.05, 4.69) is 22.2 Å². The van der Waals surface area contributed by atoms with E-state index in [0.29, 0.717) is 23.7 Å². The van der Waals surface area contributed by atoms with Gasteiger partial charge in [0.1, 0.15) is 18.2 Å². The van der Waals surface area contributed by atoms with Gasteiger partial charge in [0.05, 0.1) is 17.1 Å².